The molecule has 0 radical (unpaired) electrons. The van der Waals surface area contributed by atoms with Crippen LogP contribution in [0.3, 0.4) is 0 Å². The second-order valence-corrected chi connectivity index (χ2v) is 4.59. The summed E-state index contributed by atoms with van der Waals surface area (Å²) in [6, 6.07) is 17.1. The zero-order valence-electron chi connectivity index (χ0n) is 11.1. The van der Waals surface area contributed by atoms with Crippen molar-refractivity contribution in [3.63, 3.8) is 0 Å². The number of methoxy groups -OCH3 is 1. The molecule has 2 aromatic carbocycles. The van der Waals surface area contributed by atoms with Crippen molar-refractivity contribution < 1.29 is 13.9 Å². The van der Waals surface area contributed by atoms with E-state index < -0.39 is 0 Å². The quantitative estimate of drug-likeness (QED) is 0.674. The lowest BCUT2D eigenvalue weighted by molar-refractivity contribution is 0.1000. The Bertz CT molecular complexity index is 756. The fourth-order valence-electron chi connectivity index (χ4n) is 2.19. The molecule has 0 saturated carbocycles. The standard InChI is InChI=1S/C17H14O3/c1-19-11-15-8-9-16(20-15)17(18)14-7-6-12-4-2-3-5-13(12)10-14/h2-10H,11H2,1H3. The summed E-state index contributed by atoms with van der Waals surface area (Å²) >= 11 is 0. The van der Waals surface area contributed by atoms with Gasteiger partial charge < -0.3 is 9.15 Å². The fourth-order valence-corrected chi connectivity index (χ4v) is 2.19. The minimum atomic E-state index is -0.113. The van der Waals surface area contributed by atoms with Gasteiger partial charge in [-0.2, -0.15) is 0 Å². The third-order valence-electron chi connectivity index (χ3n) is 3.18. The van der Waals surface area contributed by atoms with Crippen molar-refractivity contribution in [1.29, 1.82) is 0 Å². The lowest BCUT2D eigenvalue weighted by atomic mass is 10.0. The molecule has 3 aromatic rings. The summed E-state index contributed by atoms with van der Waals surface area (Å²) < 4.78 is 10.5. The molecule has 20 heavy (non-hydrogen) atoms. The molecule has 0 spiro atoms. The monoisotopic (exact) mass is 266 g/mol. The number of carbonyl (C=O) groups is 1. The maximum absolute atomic E-state index is 12.4. The van der Waals surface area contributed by atoms with E-state index in [4.69, 9.17) is 9.15 Å². The molecule has 0 unspecified atom stereocenters. The zero-order chi connectivity index (χ0) is 13.9. The molecule has 0 bridgehead atoms. The van der Waals surface area contributed by atoms with Gasteiger partial charge in [-0.3, -0.25) is 4.79 Å². The number of hydrogen-bond acceptors (Lipinski definition) is 3. The number of fused-ring (bicyclic) bond motifs is 1. The highest BCUT2D eigenvalue weighted by molar-refractivity contribution is 6.09. The van der Waals surface area contributed by atoms with E-state index >= 15 is 0 Å². The highest BCUT2D eigenvalue weighted by Gasteiger charge is 2.14. The van der Waals surface area contributed by atoms with Gasteiger partial charge in [0.05, 0.1) is 0 Å². The number of ether oxygens (including phenoxy) is 1. The summed E-state index contributed by atoms with van der Waals surface area (Å²) in [6.45, 7) is 0.366. The largest absolute Gasteiger partial charge is 0.455 e. The van der Waals surface area contributed by atoms with Crippen LogP contribution in [0.15, 0.2) is 59.0 Å². The lowest BCUT2D eigenvalue weighted by Gasteiger charge is -2.01. The van der Waals surface area contributed by atoms with Gasteiger partial charge in [0.1, 0.15) is 12.4 Å². The number of ketones is 1. The van der Waals surface area contributed by atoms with Gasteiger partial charge in [-0.15, -0.1) is 0 Å². The normalized spacial score (nSPS) is 10.8. The molecule has 0 atom stereocenters. The smallest absolute Gasteiger partial charge is 0.228 e. The van der Waals surface area contributed by atoms with Crippen LogP contribution in [0.4, 0.5) is 0 Å². The summed E-state index contributed by atoms with van der Waals surface area (Å²) in [4.78, 5) is 12.4. The summed E-state index contributed by atoms with van der Waals surface area (Å²) in [5, 5.41) is 2.16. The number of benzene rings is 2. The molecule has 0 aliphatic heterocycles. The Morgan fingerprint density at radius 3 is 2.65 bits per heavy atom. The average molecular weight is 266 g/mol. The molecular weight excluding hydrogens is 252 g/mol. The predicted octanol–water partition coefficient (Wildman–Crippen LogP) is 3.81. The van der Waals surface area contributed by atoms with Crippen LogP contribution in [0.1, 0.15) is 21.9 Å². The first-order chi connectivity index (χ1) is 9.78. The molecule has 100 valence electrons. The Balaban J connectivity index is 1.94. The second kappa shape index (κ2) is 5.31. The Labute approximate surface area is 116 Å². The first kappa shape index (κ1) is 12.6. The summed E-state index contributed by atoms with van der Waals surface area (Å²) in [7, 11) is 1.59. The Morgan fingerprint density at radius 2 is 1.85 bits per heavy atom. The third kappa shape index (κ3) is 2.36. The first-order valence-corrected chi connectivity index (χ1v) is 6.39. The van der Waals surface area contributed by atoms with Crippen molar-refractivity contribution in [2.45, 2.75) is 6.61 Å². The summed E-state index contributed by atoms with van der Waals surface area (Å²) in [5.41, 5.74) is 0.627. The molecule has 3 nitrogen and oxygen atoms in total. The van der Waals surface area contributed by atoms with Crippen molar-refractivity contribution >= 4 is 16.6 Å². The van der Waals surface area contributed by atoms with Gasteiger partial charge in [0.15, 0.2) is 5.76 Å². The van der Waals surface area contributed by atoms with E-state index in [0.29, 0.717) is 23.7 Å². The van der Waals surface area contributed by atoms with E-state index in [1.807, 2.05) is 42.5 Å². The summed E-state index contributed by atoms with van der Waals surface area (Å²) in [5.74, 6) is 0.877. The van der Waals surface area contributed by atoms with Gasteiger partial charge in [0.25, 0.3) is 0 Å². The van der Waals surface area contributed by atoms with E-state index in [-0.39, 0.29) is 5.78 Å². The highest BCUT2D eigenvalue weighted by atomic mass is 16.5. The van der Waals surface area contributed by atoms with Crippen LogP contribution >= 0.6 is 0 Å². The number of carbonyl (C=O) groups excluding carboxylic acids is 1. The minimum Gasteiger partial charge on any atom is -0.455 e. The highest BCUT2D eigenvalue weighted by Crippen LogP contribution is 2.19. The second-order valence-electron chi connectivity index (χ2n) is 4.59. The fraction of sp³-hybridized carbons (Fsp3) is 0.118. The van der Waals surface area contributed by atoms with Crippen LogP contribution in [0.2, 0.25) is 0 Å². The van der Waals surface area contributed by atoms with Crippen LogP contribution in [-0.2, 0) is 11.3 Å². The number of rotatable bonds is 4. The predicted molar refractivity (Wildman–Crippen MR) is 76.8 cm³/mol. The SMILES string of the molecule is COCc1ccc(C(=O)c2ccc3ccccc3c2)o1. The van der Waals surface area contributed by atoms with Crippen LogP contribution in [0.25, 0.3) is 10.8 Å². The molecule has 0 fully saturated rings. The Kier molecular flexibility index (Phi) is 3.35. The maximum Gasteiger partial charge on any atom is 0.228 e. The van der Waals surface area contributed by atoms with Crippen molar-refractivity contribution in [2.75, 3.05) is 7.11 Å². The first-order valence-electron chi connectivity index (χ1n) is 6.39. The van der Waals surface area contributed by atoms with Crippen LogP contribution in [-0.4, -0.2) is 12.9 Å². The zero-order valence-corrected chi connectivity index (χ0v) is 11.1. The van der Waals surface area contributed by atoms with E-state index in [0.717, 1.165) is 10.8 Å². The average Bonchev–Trinajstić information content (AvgIpc) is 2.95. The Hall–Kier alpha value is -2.39. The Morgan fingerprint density at radius 1 is 1.05 bits per heavy atom. The van der Waals surface area contributed by atoms with E-state index in [1.165, 1.54) is 0 Å². The van der Waals surface area contributed by atoms with E-state index in [9.17, 15) is 4.79 Å². The molecule has 3 heteroatoms. The van der Waals surface area contributed by atoms with Gasteiger partial charge in [0.2, 0.25) is 5.78 Å². The maximum atomic E-state index is 12.4. The van der Waals surface area contributed by atoms with Gasteiger partial charge in [0, 0.05) is 12.7 Å². The molecule has 0 aliphatic rings. The summed E-state index contributed by atoms with van der Waals surface area (Å²) in [6.07, 6.45) is 0. The van der Waals surface area contributed by atoms with Gasteiger partial charge in [-0.25, -0.2) is 0 Å². The van der Waals surface area contributed by atoms with Gasteiger partial charge in [-0.05, 0) is 29.0 Å². The lowest BCUT2D eigenvalue weighted by Crippen LogP contribution is -1.99. The molecule has 0 saturated heterocycles. The van der Waals surface area contributed by atoms with Crippen molar-refractivity contribution in [3.8, 4) is 0 Å². The third-order valence-corrected chi connectivity index (χ3v) is 3.18. The van der Waals surface area contributed by atoms with Crippen molar-refractivity contribution in [3.05, 3.63) is 71.7 Å². The van der Waals surface area contributed by atoms with Crippen LogP contribution < -0.4 is 0 Å². The van der Waals surface area contributed by atoms with Crippen molar-refractivity contribution in [2.24, 2.45) is 0 Å². The van der Waals surface area contributed by atoms with Gasteiger partial charge in [-0.1, -0.05) is 36.4 Å². The molecule has 0 N–H and O–H groups in total. The topological polar surface area (TPSA) is 39.4 Å². The molecule has 1 heterocycles. The molecule has 0 aliphatic carbocycles. The number of furan rings is 1. The van der Waals surface area contributed by atoms with Crippen molar-refractivity contribution in [1.82, 2.24) is 0 Å². The molecule has 3 rings (SSSR count). The van der Waals surface area contributed by atoms with Gasteiger partial charge >= 0.3 is 0 Å². The van der Waals surface area contributed by atoms with Crippen LogP contribution in [0.5, 0.6) is 0 Å². The number of hydrogen-bond donors (Lipinski definition) is 0. The van der Waals surface area contributed by atoms with E-state index in [2.05, 4.69) is 0 Å². The molecular formula is C17H14O3. The molecule has 0 amide bonds. The minimum absolute atomic E-state index is 0.113. The van der Waals surface area contributed by atoms with Crippen LogP contribution in [0, 0.1) is 0 Å². The van der Waals surface area contributed by atoms with E-state index in [1.54, 1.807) is 19.2 Å². The molecule has 1 aromatic heterocycles.